The van der Waals surface area contributed by atoms with E-state index in [1.165, 1.54) is 24.3 Å². The third-order valence-corrected chi connectivity index (χ3v) is 4.79. The van der Waals surface area contributed by atoms with Crippen LogP contribution in [0.15, 0.2) is 41.3 Å². The lowest BCUT2D eigenvalue weighted by Crippen LogP contribution is -2.37. The van der Waals surface area contributed by atoms with Gasteiger partial charge < -0.3 is 9.47 Å². The molecular weight excluding hydrogens is 332 g/mol. The number of unbranched alkanes of at least 4 members (excludes halogenated alkanes) is 1. The van der Waals surface area contributed by atoms with Crippen LogP contribution in [0.3, 0.4) is 0 Å². The Morgan fingerprint density at radius 3 is 2.58 bits per heavy atom. The summed E-state index contributed by atoms with van der Waals surface area (Å²) < 4.78 is 40.2. The van der Waals surface area contributed by atoms with E-state index in [1.54, 1.807) is 12.1 Å². The van der Waals surface area contributed by atoms with Crippen molar-refractivity contribution in [2.24, 2.45) is 0 Å². The molecule has 1 aromatic rings. The standard InChI is InChI=1S/C17H22O6S/c1-3-4-11-21-17-10-9-15(18)16(23-17)12-22-24(19,20)14-7-5-13(2)6-8-14/h5-10,16-17H,3-4,11-12H2,1-2H3/t16-,17+/m1/s1. The number of rotatable bonds is 8. The normalized spacial score (nSPS) is 21.2. The number of carbonyl (C=O) groups excluding carboxylic acids is 1. The number of aryl methyl sites for hydroxylation is 1. The minimum Gasteiger partial charge on any atom is -0.349 e. The summed E-state index contributed by atoms with van der Waals surface area (Å²) >= 11 is 0. The van der Waals surface area contributed by atoms with Gasteiger partial charge in [0, 0.05) is 0 Å². The van der Waals surface area contributed by atoms with E-state index in [4.69, 9.17) is 13.7 Å². The van der Waals surface area contributed by atoms with E-state index < -0.39 is 22.5 Å². The molecule has 132 valence electrons. The zero-order chi connectivity index (χ0) is 17.6. The predicted molar refractivity (Wildman–Crippen MR) is 88.0 cm³/mol. The van der Waals surface area contributed by atoms with Crippen LogP contribution in [0, 0.1) is 6.92 Å². The SMILES string of the molecule is CCCCO[C@@H]1C=CC(=O)[C@@H](COS(=O)(=O)c2ccc(C)cc2)O1. The van der Waals surface area contributed by atoms with Crippen LogP contribution < -0.4 is 0 Å². The van der Waals surface area contributed by atoms with Gasteiger partial charge >= 0.3 is 0 Å². The lowest BCUT2D eigenvalue weighted by molar-refractivity contribution is -0.167. The van der Waals surface area contributed by atoms with Gasteiger partial charge in [0.25, 0.3) is 10.1 Å². The Labute approximate surface area is 142 Å². The van der Waals surface area contributed by atoms with Crippen molar-refractivity contribution in [1.82, 2.24) is 0 Å². The summed E-state index contributed by atoms with van der Waals surface area (Å²) in [6.45, 7) is 4.02. The van der Waals surface area contributed by atoms with Crippen LogP contribution in [0.2, 0.25) is 0 Å². The Morgan fingerprint density at radius 1 is 1.21 bits per heavy atom. The number of carbonyl (C=O) groups is 1. The van der Waals surface area contributed by atoms with Crippen molar-refractivity contribution in [3.63, 3.8) is 0 Å². The fraction of sp³-hybridized carbons (Fsp3) is 0.471. The average Bonchev–Trinajstić information content (AvgIpc) is 2.56. The highest BCUT2D eigenvalue weighted by Crippen LogP contribution is 2.17. The van der Waals surface area contributed by atoms with Gasteiger partial charge in [0.1, 0.15) is 12.7 Å². The quantitative estimate of drug-likeness (QED) is 0.527. The van der Waals surface area contributed by atoms with Gasteiger partial charge in [-0.05, 0) is 37.6 Å². The van der Waals surface area contributed by atoms with Gasteiger partial charge in [-0.2, -0.15) is 8.42 Å². The minimum atomic E-state index is -3.94. The topological polar surface area (TPSA) is 78.9 Å². The molecule has 1 heterocycles. The lowest BCUT2D eigenvalue weighted by Gasteiger charge is -2.24. The van der Waals surface area contributed by atoms with E-state index in [0.29, 0.717) is 6.61 Å². The molecule has 2 atom stereocenters. The fourth-order valence-electron chi connectivity index (χ4n) is 2.04. The van der Waals surface area contributed by atoms with E-state index in [0.717, 1.165) is 18.4 Å². The van der Waals surface area contributed by atoms with Crippen molar-refractivity contribution in [3.8, 4) is 0 Å². The summed E-state index contributed by atoms with van der Waals surface area (Å²) in [4.78, 5) is 11.9. The molecule has 2 rings (SSSR count). The Balaban J connectivity index is 1.93. The van der Waals surface area contributed by atoms with Crippen molar-refractivity contribution in [1.29, 1.82) is 0 Å². The van der Waals surface area contributed by atoms with Gasteiger partial charge in [-0.3, -0.25) is 8.98 Å². The van der Waals surface area contributed by atoms with Crippen LogP contribution in [-0.2, 0) is 28.6 Å². The van der Waals surface area contributed by atoms with Crippen LogP contribution in [0.1, 0.15) is 25.3 Å². The first kappa shape index (κ1) is 18.8. The zero-order valence-corrected chi connectivity index (χ0v) is 14.6. The molecule has 0 saturated heterocycles. The summed E-state index contributed by atoms with van der Waals surface area (Å²) in [5.41, 5.74) is 0.942. The van der Waals surface area contributed by atoms with E-state index in [1.807, 2.05) is 13.8 Å². The van der Waals surface area contributed by atoms with Gasteiger partial charge in [0.2, 0.25) is 0 Å². The van der Waals surface area contributed by atoms with Crippen molar-refractivity contribution in [2.45, 2.75) is 44.0 Å². The van der Waals surface area contributed by atoms with Crippen molar-refractivity contribution >= 4 is 15.9 Å². The number of hydrogen-bond donors (Lipinski definition) is 0. The summed E-state index contributed by atoms with van der Waals surface area (Å²) in [5.74, 6) is -0.343. The van der Waals surface area contributed by atoms with E-state index in [9.17, 15) is 13.2 Å². The van der Waals surface area contributed by atoms with Crippen LogP contribution in [0.5, 0.6) is 0 Å². The number of hydrogen-bond acceptors (Lipinski definition) is 6. The van der Waals surface area contributed by atoms with Crippen molar-refractivity contribution in [2.75, 3.05) is 13.2 Å². The fourth-order valence-corrected chi connectivity index (χ4v) is 2.95. The van der Waals surface area contributed by atoms with E-state index >= 15 is 0 Å². The molecule has 1 aromatic carbocycles. The molecule has 7 heteroatoms. The average molecular weight is 354 g/mol. The molecule has 0 bridgehead atoms. The molecule has 0 radical (unpaired) electrons. The second-order valence-corrected chi connectivity index (χ2v) is 7.15. The highest BCUT2D eigenvalue weighted by molar-refractivity contribution is 7.86. The second-order valence-electron chi connectivity index (χ2n) is 5.53. The summed E-state index contributed by atoms with van der Waals surface area (Å²) in [6.07, 6.45) is 3.06. The monoisotopic (exact) mass is 354 g/mol. The molecule has 0 aromatic heterocycles. The number of benzene rings is 1. The molecule has 6 nitrogen and oxygen atoms in total. The maximum Gasteiger partial charge on any atom is 0.297 e. The third kappa shape index (κ3) is 5.24. The Hall–Kier alpha value is -1.54. The largest absolute Gasteiger partial charge is 0.349 e. The molecule has 0 saturated carbocycles. The first-order chi connectivity index (χ1) is 11.4. The van der Waals surface area contributed by atoms with Crippen molar-refractivity contribution in [3.05, 3.63) is 42.0 Å². The molecule has 1 aliphatic rings. The first-order valence-corrected chi connectivity index (χ1v) is 9.28. The summed E-state index contributed by atoms with van der Waals surface area (Å²) in [7, 11) is -3.94. The molecule has 24 heavy (non-hydrogen) atoms. The zero-order valence-electron chi connectivity index (χ0n) is 13.8. The van der Waals surface area contributed by atoms with Crippen molar-refractivity contribution < 1.29 is 26.9 Å². The molecule has 0 amide bonds. The third-order valence-electron chi connectivity index (χ3n) is 3.50. The van der Waals surface area contributed by atoms with Crippen LogP contribution in [-0.4, -0.2) is 39.8 Å². The van der Waals surface area contributed by atoms with E-state index in [-0.39, 0.29) is 17.3 Å². The summed E-state index contributed by atoms with van der Waals surface area (Å²) in [5, 5.41) is 0. The predicted octanol–water partition coefficient (Wildman–Crippen LogP) is 2.37. The highest BCUT2D eigenvalue weighted by Gasteiger charge is 2.28. The van der Waals surface area contributed by atoms with Crippen LogP contribution in [0.25, 0.3) is 0 Å². The maximum absolute atomic E-state index is 12.1. The molecule has 0 fully saturated rings. The maximum atomic E-state index is 12.1. The van der Waals surface area contributed by atoms with Crippen LogP contribution in [0.4, 0.5) is 0 Å². The Morgan fingerprint density at radius 2 is 1.92 bits per heavy atom. The number of ketones is 1. The lowest BCUT2D eigenvalue weighted by atomic mass is 10.2. The Bertz CT molecular complexity index is 678. The van der Waals surface area contributed by atoms with Gasteiger partial charge in [-0.15, -0.1) is 0 Å². The van der Waals surface area contributed by atoms with E-state index in [2.05, 4.69) is 0 Å². The molecule has 1 aliphatic heterocycles. The van der Waals surface area contributed by atoms with Gasteiger partial charge in [-0.1, -0.05) is 31.0 Å². The second kappa shape index (κ2) is 8.53. The Kier molecular flexibility index (Phi) is 6.68. The smallest absolute Gasteiger partial charge is 0.297 e. The molecular formula is C17H22O6S. The summed E-state index contributed by atoms with van der Waals surface area (Å²) in [6, 6.07) is 6.28. The molecule has 0 unspecified atom stereocenters. The number of ether oxygens (including phenoxy) is 2. The van der Waals surface area contributed by atoms with Gasteiger partial charge in [-0.25, -0.2) is 0 Å². The highest BCUT2D eigenvalue weighted by atomic mass is 32.2. The minimum absolute atomic E-state index is 0.0441. The van der Waals surface area contributed by atoms with Crippen LogP contribution >= 0.6 is 0 Å². The first-order valence-electron chi connectivity index (χ1n) is 7.87. The molecule has 0 spiro atoms. The molecule has 0 aliphatic carbocycles. The van der Waals surface area contributed by atoms with Gasteiger partial charge in [0.15, 0.2) is 12.1 Å². The molecule has 0 N–H and O–H groups in total. The van der Waals surface area contributed by atoms with Gasteiger partial charge in [0.05, 0.1) is 11.5 Å².